The van der Waals surface area contributed by atoms with E-state index >= 15 is 0 Å². The molecule has 0 bridgehead atoms. The van der Waals surface area contributed by atoms with Gasteiger partial charge in [-0.2, -0.15) is 9.64 Å². The number of nitrogens with zero attached hydrogens (tertiary/aromatic N) is 5. The molecular weight excluding hydrogens is 418 g/mol. The molecule has 4 rings (SSSR count). The minimum Gasteiger partial charge on any atom is -0.497 e. The Morgan fingerprint density at radius 2 is 2.21 bits per heavy atom. The maximum Gasteiger partial charge on any atom is 0.197 e. The van der Waals surface area contributed by atoms with Crippen molar-refractivity contribution < 1.29 is 9.47 Å². The van der Waals surface area contributed by atoms with Gasteiger partial charge in [-0.05, 0) is 60.4 Å². The maximum absolute atomic E-state index is 9.34. The van der Waals surface area contributed by atoms with E-state index in [0.29, 0.717) is 21.5 Å². The lowest BCUT2D eigenvalue weighted by Gasteiger charge is -2.14. The summed E-state index contributed by atoms with van der Waals surface area (Å²) in [4.78, 5) is 0. The second-order valence-corrected chi connectivity index (χ2v) is 8.50. The number of ether oxygens (including phenoxy) is 2. The number of rotatable bonds is 6. The predicted octanol–water partition coefficient (Wildman–Crippen LogP) is 4.27. The molecule has 0 spiro atoms. The smallest absolute Gasteiger partial charge is 0.197 e. The lowest BCUT2D eigenvalue weighted by molar-refractivity contribution is 0.0953. The standard InChI is InChI=1S/C18H16ClN5O2S2/c1-25-12-6-4-11(5-7-12)16-21-22-18(24(16)10-13-3-2-8-26-13)27-17-14(9-20)15(19)23-28-17/h4-7,13H,2-3,8,10H2,1H3. The number of aromatic nitrogens is 4. The van der Waals surface area contributed by atoms with Crippen molar-refractivity contribution in [2.45, 2.75) is 34.9 Å². The molecule has 1 unspecified atom stereocenters. The van der Waals surface area contributed by atoms with Crippen LogP contribution in [0.5, 0.6) is 5.75 Å². The number of methoxy groups -OCH3 is 1. The number of hydrogen-bond acceptors (Lipinski definition) is 8. The fourth-order valence-electron chi connectivity index (χ4n) is 2.98. The highest BCUT2D eigenvalue weighted by molar-refractivity contribution is 8.01. The van der Waals surface area contributed by atoms with E-state index in [4.69, 9.17) is 21.1 Å². The van der Waals surface area contributed by atoms with Crippen molar-refractivity contribution in [3.8, 4) is 23.2 Å². The predicted molar refractivity (Wildman–Crippen MR) is 107 cm³/mol. The van der Waals surface area contributed by atoms with Gasteiger partial charge in [0.1, 0.15) is 21.6 Å². The average Bonchev–Trinajstić information content (AvgIpc) is 3.45. The molecule has 1 aromatic carbocycles. The molecule has 0 amide bonds. The summed E-state index contributed by atoms with van der Waals surface area (Å²) in [6.45, 7) is 1.42. The van der Waals surface area contributed by atoms with Crippen molar-refractivity contribution in [3.05, 3.63) is 35.0 Å². The summed E-state index contributed by atoms with van der Waals surface area (Å²) in [6.07, 6.45) is 2.17. The fourth-order valence-corrected chi connectivity index (χ4v) is 5.06. The van der Waals surface area contributed by atoms with Gasteiger partial charge in [-0.15, -0.1) is 10.2 Å². The maximum atomic E-state index is 9.34. The summed E-state index contributed by atoms with van der Waals surface area (Å²) in [7, 11) is 1.64. The molecule has 10 heteroatoms. The van der Waals surface area contributed by atoms with Gasteiger partial charge in [-0.25, -0.2) is 0 Å². The van der Waals surface area contributed by atoms with Gasteiger partial charge in [-0.3, -0.25) is 4.57 Å². The monoisotopic (exact) mass is 433 g/mol. The lowest BCUT2D eigenvalue weighted by atomic mass is 10.2. The largest absolute Gasteiger partial charge is 0.497 e. The highest BCUT2D eigenvalue weighted by atomic mass is 35.5. The third-order valence-electron chi connectivity index (χ3n) is 4.39. The zero-order valence-electron chi connectivity index (χ0n) is 15.0. The first kappa shape index (κ1) is 19.2. The van der Waals surface area contributed by atoms with Crippen LogP contribution in [0, 0.1) is 11.3 Å². The highest BCUT2D eigenvalue weighted by Gasteiger charge is 2.24. The SMILES string of the molecule is COc1ccc(-c2nnc(Sc3snc(Cl)c3C#N)n2CC2CCCO2)cc1. The summed E-state index contributed by atoms with van der Waals surface area (Å²) >= 11 is 8.54. The molecule has 0 radical (unpaired) electrons. The first-order chi connectivity index (χ1) is 13.7. The van der Waals surface area contributed by atoms with Gasteiger partial charge in [-0.1, -0.05) is 11.6 Å². The number of nitriles is 1. The normalized spacial score (nSPS) is 16.2. The van der Waals surface area contributed by atoms with Crippen LogP contribution in [0.3, 0.4) is 0 Å². The number of halogens is 1. The minimum absolute atomic E-state index is 0.118. The molecule has 0 aliphatic carbocycles. The van der Waals surface area contributed by atoms with Crippen LogP contribution in [-0.2, 0) is 11.3 Å². The third-order valence-corrected chi connectivity index (χ3v) is 6.76. The Morgan fingerprint density at radius 1 is 1.39 bits per heavy atom. The first-order valence-corrected chi connectivity index (χ1v) is 10.6. The average molecular weight is 434 g/mol. The van der Waals surface area contributed by atoms with Gasteiger partial charge < -0.3 is 9.47 Å². The molecule has 28 heavy (non-hydrogen) atoms. The van der Waals surface area contributed by atoms with E-state index in [1.807, 2.05) is 28.8 Å². The summed E-state index contributed by atoms with van der Waals surface area (Å²) in [5.74, 6) is 1.52. The van der Waals surface area contributed by atoms with Crippen molar-refractivity contribution >= 4 is 34.9 Å². The van der Waals surface area contributed by atoms with Crippen LogP contribution < -0.4 is 4.74 Å². The van der Waals surface area contributed by atoms with Crippen molar-refractivity contribution in [3.63, 3.8) is 0 Å². The van der Waals surface area contributed by atoms with E-state index in [9.17, 15) is 5.26 Å². The third kappa shape index (κ3) is 3.86. The molecule has 1 saturated heterocycles. The van der Waals surface area contributed by atoms with Gasteiger partial charge in [0.05, 0.1) is 19.8 Å². The Bertz CT molecular complexity index is 1010. The topological polar surface area (TPSA) is 85.9 Å². The van der Waals surface area contributed by atoms with E-state index in [2.05, 4.69) is 20.6 Å². The van der Waals surface area contributed by atoms with Crippen LogP contribution in [0.25, 0.3) is 11.4 Å². The van der Waals surface area contributed by atoms with Crippen LogP contribution in [0.15, 0.2) is 33.6 Å². The first-order valence-electron chi connectivity index (χ1n) is 8.62. The molecule has 1 aliphatic heterocycles. The molecule has 1 fully saturated rings. The molecule has 2 aromatic heterocycles. The number of hydrogen-bond donors (Lipinski definition) is 0. The van der Waals surface area contributed by atoms with Gasteiger partial charge in [0.2, 0.25) is 0 Å². The lowest BCUT2D eigenvalue weighted by Crippen LogP contribution is -2.16. The minimum atomic E-state index is 0.118. The summed E-state index contributed by atoms with van der Waals surface area (Å²) < 4.78 is 17.9. The molecule has 7 nitrogen and oxygen atoms in total. The van der Waals surface area contributed by atoms with Crippen molar-refractivity contribution in [2.75, 3.05) is 13.7 Å². The molecule has 3 heterocycles. The molecule has 0 saturated carbocycles. The Balaban J connectivity index is 1.70. The van der Waals surface area contributed by atoms with E-state index in [-0.39, 0.29) is 11.3 Å². The van der Waals surface area contributed by atoms with Crippen LogP contribution in [0.4, 0.5) is 0 Å². The zero-order valence-corrected chi connectivity index (χ0v) is 17.4. The molecular formula is C18H16ClN5O2S2. The van der Waals surface area contributed by atoms with E-state index in [1.54, 1.807) is 7.11 Å². The van der Waals surface area contributed by atoms with Gasteiger partial charge >= 0.3 is 0 Å². The Hall–Kier alpha value is -2.12. The van der Waals surface area contributed by atoms with Gasteiger partial charge in [0, 0.05) is 12.2 Å². The molecule has 144 valence electrons. The Labute approximate surface area is 175 Å². The van der Waals surface area contributed by atoms with Crippen molar-refractivity contribution in [1.82, 2.24) is 19.1 Å². The molecule has 1 atom stereocenters. The van der Waals surface area contributed by atoms with Crippen LogP contribution in [0.1, 0.15) is 18.4 Å². The molecule has 3 aromatic rings. The second-order valence-electron chi connectivity index (χ2n) is 6.13. The Kier molecular flexibility index (Phi) is 5.82. The van der Waals surface area contributed by atoms with Crippen LogP contribution >= 0.6 is 34.9 Å². The molecule has 1 aliphatic rings. The van der Waals surface area contributed by atoms with Crippen molar-refractivity contribution in [2.24, 2.45) is 0 Å². The summed E-state index contributed by atoms with van der Waals surface area (Å²) in [6, 6.07) is 9.80. The van der Waals surface area contributed by atoms with Crippen molar-refractivity contribution in [1.29, 1.82) is 5.26 Å². The summed E-state index contributed by atoms with van der Waals surface area (Å²) in [5.41, 5.74) is 1.30. The zero-order chi connectivity index (χ0) is 19.5. The summed E-state index contributed by atoms with van der Waals surface area (Å²) in [5, 5.41) is 19.0. The number of benzene rings is 1. The quantitative estimate of drug-likeness (QED) is 0.573. The van der Waals surface area contributed by atoms with E-state index < -0.39 is 0 Å². The Morgan fingerprint density at radius 3 is 2.89 bits per heavy atom. The highest BCUT2D eigenvalue weighted by Crippen LogP contribution is 2.37. The van der Waals surface area contributed by atoms with Crippen LogP contribution in [0.2, 0.25) is 5.15 Å². The fraction of sp³-hybridized carbons (Fsp3) is 0.333. The van der Waals surface area contributed by atoms with E-state index in [0.717, 1.165) is 36.6 Å². The van der Waals surface area contributed by atoms with E-state index in [1.165, 1.54) is 23.3 Å². The second kappa shape index (κ2) is 8.49. The molecule has 0 N–H and O–H groups in total. The van der Waals surface area contributed by atoms with Crippen LogP contribution in [-0.4, -0.2) is 39.0 Å². The van der Waals surface area contributed by atoms with Gasteiger partial charge in [0.25, 0.3) is 0 Å². The van der Waals surface area contributed by atoms with Gasteiger partial charge in [0.15, 0.2) is 16.1 Å².